The van der Waals surface area contributed by atoms with E-state index in [9.17, 15) is 0 Å². The Morgan fingerprint density at radius 1 is 0.593 bits per heavy atom. The average molecular weight is 365 g/mol. The van der Waals surface area contributed by atoms with Gasteiger partial charge in [0, 0.05) is 27.2 Å². The smallest absolute Gasteiger partial charge is 0.135 e. The molecule has 0 radical (unpaired) electrons. The minimum atomic E-state index is 0.921. The van der Waals surface area contributed by atoms with Crippen LogP contribution in [-0.4, -0.2) is 4.57 Å². The highest BCUT2D eigenvalue weighted by molar-refractivity contribution is 7.27. The zero-order chi connectivity index (χ0) is 18.0. The van der Waals surface area contributed by atoms with E-state index in [-0.39, 0.29) is 0 Å². The average Bonchev–Trinajstić information content (AvgIpc) is 3.23. The largest absolute Gasteiger partial charge is 0.456 e. The number of furan rings is 1. The summed E-state index contributed by atoms with van der Waals surface area (Å²) in [6.45, 7) is 0. The van der Waals surface area contributed by atoms with Gasteiger partial charge in [-0.25, -0.2) is 0 Å². The standard InChI is InChI=1S/C24H16NOP/c27-16-10-12-24-20(14-16)19-13-15(9-11-23(19)26-24)25-21-7-3-1-5-17(21)18-6-2-4-8-22(18)25/h1-14H,27H2. The first-order valence-corrected chi connectivity index (χ1v) is 9.58. The third kappa shape index (κ3) is 2.11. The first kappa shape index (κ1) is 15.0. The summed E-state index contributed by atoms with van der Waals surface area (Å²) < 4.78 is 8.38. The van der Waals surface area contributed by atoms with E-state index >= 15 is 0 Å². The van der Waals surface area contributed by atoms with Gasteiger partial charge in [-0.05, 0) is 47.8 Å². The molecule has 0 aliphatic rings. The Balaban J connectivity index is 1.74. The van der Waals surface area contributed by atoms with Crippen LogP contribution < -0.4 is 5.30 Å². The molecule has 6 aromatic rings. The first-order chi connectivity index (χ1) is 13.3. The SMILES string of the molecule is Pc1ccc2oc3ccc(-n4c5ccccc5c5ccccc54)cc3c2c1. The number of nitrogens with zero attached hydrogens (tertiary/aromatic N) is 1. The van der Waals surface area contributed by atoms with Gasteiger partial charge in [-0.1, -0.05) is 42.5 Å². The van der Waals surface area contributed by atoms with Crippen LogP contribution in [0.4, 0.5) is 0 Å². The molecule has 128 valence electrons. The lowest BCUT2D eigenvalue weighted by molar-refractivity contribution is 0.669. The van der Waals surface area contributed by atoms with Crippen molar-refractivity contribution in [2.45, 2.75) is 0 Å². The quantitative estimate of drug-likeness (QED) is 0.318. The van der Waals surface area contributed by atoms with Crippen LogP contribution >= 0.6 is 9.24 Å². The summed E-state index contributed by atoms with van der Waals surface area (Å²) in [5.74, 6) is 0. The lowest BCUT2D eigenvalue weighted by Gasteiger charge is -2.08. The number of benzene rings is 4. The fourth-order valence-electron chi connectivity index (χ4n) is 4.12. The molecule has 0 bridgehead atoms. The van der Waals surface area contributed by atoms with Crippen molar-refractivity contribution < 1.29 is 4.42 Å². The van der Waals surface area contributed by atoms with E-state index in [0.29, 0.717) is 0 Å². The van der Waals surface area contributed by atoms with Crippen LogP contribution in [0.1, 0.15) is 0 Å². The summed E-state index contributed by atoms with van der Waals surface area (Å²) in [5, 5.41) is 6.01. The van der Waals surface area contributed by atoms with Crippen LogP contribution in [0.15, 0.2) is 89.3 Å². The molecule has 0 saturated heterocycles. The third-order valence-electron chi connectivity index (χ3n) is 5.32. The minimum Gasteiger partial charge on any atom is -0.456 e. The van der Waals surface area contributed by atoms with Gasteiger partial charge in [0.15, 0.2) is 0 Å². The molecule has 1 unspecified atom stereocenters. The molecule has 6 rings (SSSR count). The van der Waals surface area contributed by atoms with E-state index < -0.39 is 0 Å². The third-order valence-corrected chi connectivity index (χ3v) is 5.67. The summed E-state index contributed by atoms with van der Waals surface area (Å²) in [6.07, 6.45) is 0. The number of hydrogen-bond donors (Lipinski definition) is 0. The van der Waals surface area contributed by atoms with Gasteiger partial charge in [-0.2, -0.15) is 0 Å². The number of para-hydroxylation sites is 2. The van der Waals surface area contributed by atoms with Crippen molar-refractivity contribution in [3.05, 3.63) is 84.9 Å². The van der Waals surface area contributed by atoms with Crippen LogP contribution in [0.3, 0.4) is 0 Å². The van der Waals surface area contributed by atoms with Crippen LogP contribution in [0, 0.1) is 0 Å². The summed E-state index contributed by atoms with van der Waals surface area (Å²) in [4.78, 5) is 0. The van der Waals surface area contributed by atoms with Gasteiger partial charge in [-0.3, -0.25) is 0 Å². The Kier molecular flexibility index (Phi) is 3.03. The van der Waals surface area contributed by atoms with E-state index in [0.717, 1.165) is 32.9 Å². The van der Waals surface area contributed by atoms with Crippen molar-refractivity contribution in [1.29, 1.82) is 0 Å². The number of aromatic nitrogens is 1. The van der Waals surface area contributed by atoms with Crippen LogP contribution in [0.5, 0.6) is 0 Å². The second-order valence-corrected chi connectivity index (χ2v) is 7.57. The topological polar surface area (TPSA) is 18.1 Å². The Morgan fingerprint density at radius 2 is 1.19 bits per heavy atom. The second kappa shape index (κ2) is 5.45. The fraction of sp³-hybridized carbons (Fsp3) is 0. The fourth-order valence-corrected chi connectivity index (χ4v) is 4.39. The Morgan fingerprint density at radius 3 is 1.89 bits per heavy atom. The predicted octanol–water partition coefficient (Wildman–Crippen LogP) is 6.18. The molecule has 0 N–H and O–H groups in total. The molecule has 0 spiro atoms. The Labute approximate surface area is 158 Å². The molecule has 0 aliphatic heterocycles. The molecule has 0 amide bonds. The molecule has 2 aromatic heterocycles. The van der Waals surface area contributed by atoms with Gasteiger partial charge in [0.1, 0.15) is 11.2 Å². The maximum Gasteiger partial charge on any atom is 0.135 e. The van der Waals surface area contributed by atoms with Crippen molar-refractivity contribution in [3.8, 4) is 5.69 Å². The molecule has 27 heavy (non-hydrogen) atoms. The Hall–Kier alpha value is -3.09. The normalized spacial score (nSPS) is 11.9. The molecule has 0 saturated carbocycles. The second-order valence-electron chi connectivity index (χ2n) is 6.91. The van der Waals surface area contributed by atoms with Gasteiger partial charge in [-0.15, -0.1) is 9.24 Å². The van der Waals surface area contributed by atoms with Crippen molar-refractivity contribution in [2.75, 3.05) is 0 Å². The van der Waals surface area contributed by atoms with Gasteiger partial charge < -0.3 is 8.98 Å². The maximum atomic E-state index is 6.04. The van der Waals surface area contributed by atoms with Crippen LogP contribution in [-0.2, 0) is 0 Å². The van der Waals surface area contributed by atoms with Gasteiger partial charge >= 0.3 is 0 Å². The van der Waals surface area contributed by atoms with Crippen molar-refractivity contribution >= 4 is 58.3 Å². The minimum absolute atomic E-state index is 0.921. The highest BCUT2D eigenvalue weighted by atomic mass is 31.0. The predicted molar refractivity (Wildman–Crippen MR) is 117 cm³/mol. The molecular formula is C24H16NOP. The number of rotatable bonds is 1. The lowest BCUT2D eigenvalue weighted by Crippen LogP contribution is -1.93. The van der Waals surface area contributed by atoms with Gasteiger partial charge in [0.05, 0.1) is 11.0 Å². The monoisotopic (exact) mass is 365 g/mol. The first-order valence-electron chi connectivity index (χ1n) is 9.00. The molecule has 4 aromatic carbocycles. The van der Waals surface area contributed by atoms with Crippen LogP contribution in [0.25, 0.3) is 49.4 Å². The highest BCUT2D eigenvalue weighted by Gasteiger charge is 2.13. The molecule has 2 heterocycles. The zero-order valence-corrected chi connectivity index (χ0v) is 15.7. The molecule has 2 nitrogen and oxygen atoms in total. The highest BCUT2D eigenvalue weighted by Crippen LogP contribution is 2.35. The van der Waals surface area contributed by atoms with Crippen molar-refractivity contribution in [2.24, 2.45) is 0 Å². The van der Waals surface area contributed by atoms with E-state index in [1.54, 1.807) is 0 Å². The van der Waals surface area contributed by atoms with Crippen molar-refractivity contribution in [3.63, 3.8) is 0 Å². The summed E-state index contributed by atoms with van der Waals surface area (Å²) in [6, 6.07) is 29.9. The van der Waals surface area contributed by atoms with E-state index in [1.165, 1.54) is 21.8 Å². The van der Waals surface area contributed by atoms with E-state index in [1.807, 2.05) is 6.07 Å². The molecule has 0 aliphatic carbocycles. The Bertz CT molecular complexity index is 1440. The van der Waals surface area contributed by atoms with E-state index in [4.69, 9.17) is 4.42 Å². The zero-order valence-electron chi connectivity index (χ0n) is 14.5. The molecular weight excluding hydrogens is 349 g/mol. The maximum absolute atomic E-state index is 6.04. The number of hydrogen-bond acceptors (Lipinski definition) is 1. The van der Waals surface area contributed by atoms with Gasteiger partial charge in [0.2, 0.25) is 0 Å². The lowest BCUT2D eigenvalue weighted by atomic mass is 10.1. The van der Waals surface area contributed by atoms with Crippen molar-refractivity contribution in [1.82, 2.24) is 4.57 Å². The summed E-state index contributed by atoms with van der Waals surface area (Å²) in [7, 11) is 2.77. The summed E-state index contributed by atoms with van der Waals surface area (Å²) in [5.41, 5.74) is 5.44. The molecule has 1 atom stereocenters. The van der Waals surface area contributed by atoms with E-state index in [2.05, 4.69) is 92.7 Å². The van der Waals surface area contributed by atoms with Gasteiger partial charge in [0.25, 0.3) is 0 Å². The summed E-state index contributed by atoms with van der Waals surface area (Å²) >= 11 is 0. The molecule has 3 heteroatoms. The number of fused-ring (bicyclic) bond motifs is 6. The molecule has 0 fully saturated rings. The van der Waals surface area contributed by atoms with Crippen LogP contribution in [0.2, 0.25) is 0 Å².